The molecule has 0 aromatic carbocycles. The molecule has 1 fully saturated rings. The summed E-state index contributed by atoms with van der Waals surface area (Å²) in [5.74, 6) is -0.399. The highest BCUT2D eigenvalue weighted by atomic mass is 32.2. The summed E-state index contributed by atoms with van der Waals surface area (Å²) in [5.41, 5.74) is 0. The van der Waals surface area contributed by atoms with Crippen LogP contribution in [0, 0.1) is 0 Å². The molecule has 0 aromatic rings. The van der Waals surface area contributed by atoms with Gasteiger partial charge in [-0.1, -0.05) is 11.9 Å². The van der Waals surface area contributed by atoms with Crippen molar-refractivity contribution in [1.82, 2.24) is 4.31 Å². The minimum Gasteiger partial charge on any atom is -0.378 e. The number of hydrogen-bond donors (Lipinski definition) is 0. The first-order valence-electron chi connectivity index (χ1n) is 3.67. The summed E-state index contributed by atoms with van der Waals surface area (Å²) in [4.78, 5) is 21.3. The molecule has 1 heterocycles. The van der Waals surface area contributed by atoms with Gasteiger partial charge in [-0.15, -0.1) is 0 Å². The number of hydrogen-bond acceptors (Lipinski definition) is 5. The molecular formula is C7H11NO3S. The second kappa shape index (κ2) is 4.59. The van der Waals surface area contributed by atoms with Crippen molar-refractivity contribution in [2.24, 2.45) is 0 Å². The SMILES string of the molecule is CSN1CCOCC1C(=O)C=O. The summed E-state index contributed by atoms with van der Waals surface area (Å²) < 4.78 is 6.98. The summed E-state index contributed by atoms with van der Waals surface area (Å²) in [6, 6.07) is -0.383. The van der Waals surface area contributed by atoms with Crippen LogP contribution in [0.2, 0.25) is 0 Å². The molecule has 0 radical (unpaired) electrons. The van der Waals surface area contributed by atoms with E-state index in [1.54, 1.807) is 0 Å². The quantitative estimate of drug-likeness (QED) is 0.347. The molecule has 1 rings (SSSR count). The van der Waals surface area contributed by atoms with Gasteiger partial charge in [-0.25, -0.2) is 4.31 Å². The van der Waals surface area contributed by atoms with Crippen molar-refractivity contribution >= 4 is 24.0 Å². The van der Waals surface area contributed by atoms with Crippen LogP contribution in [0.5, 0.6) is 0 Å². The number of carbonyl (C=O) groups excluding carboxylic acids is 2. The third kappa shape index (κ3) is 2.06. The van der Waals surface area contributed by atoms with Gasteiger partial charge in [0.05, 0.1) is 13.2 Å². The molecule has 1 aliphatic heterocycles. The van der Waals surface area contributed by atoms with Gasteiger partial charge < -0.3 is 4.74 Å². The van der Waals surface area contributed by atoms with E-state index in [1.807, 2.05) is 10.6 Å². The lowest BCUT2D eigenvalue weighted by molar-refractivity contribution is -0.135. The minimum absolute atomic E-state index is 0.332. The van der Waals surface area contributed by atoms with E-state index in [-0.39, 0.29) is 6.04 Å². The normalized spacial score (nSPS) is 25.2. The lowest BCUT2D eigenvalue weighted by Crippen LogP contribution is -2.46. The Morgan fingerprint density at radius 2 is 2.50 bits per heavy atom. The minimum atomic E-state index is -0.399. The highest BCUT2D eigenvalue weighted by Gasteiger charge is 2.28. The van der Waals surface area contributed by atoms with Crippen LogP contribution in [0.15, 0.2) is 0 Å². The van der Waals surface area contributed by atoms with E-state index in [4.69, 9.17) is 4.74 Å². The monoisotopic (exact) mass is 189 g/mol. The number of carbonyl (C=O) groups is 2. The van der Waals surface area contributed by atoms with E-state index in [9.17, 15) is 9.59 Å². The Kier molecular flexibility index (Phi) is 3.71. The van der Waals surface area contributed by atoms with Gasteiger partial charge in [-0.2, -0.15) is 0 Å². The van der Waals surface area contributed by atoms with Crippen molar-refractivity contribution < 1.29 is 14.3 Å². The summed E-state index contributed by atoms with van der Waals surface area (Å²) in [6.07, 6.45) is 2.25. The molecule has 1 atom stereocenters. The van der Waals surface area contributed by atoms with Crippen LogP contribution in [0.4, 0.5) is 0 Å². The predicted molar refractivity (Wildman–Crippen MR) is 45.9 cm³/mol. The molecule has 4 nitrogen and oxygen atoms in total. The summed E-state index contributed by atoms with van der Waals surface area (Å²) in [7, 11) is 0. The molecule has 68 valence electrons. The fourth-order valence-electron chi connectivity index (χ4n) is 1.11. The smallest absolute Gasteiger partial charge is 0.215 e. The van der Waals surface area contributed by atoms with E-state index in [0.29, 0.717) is 26.0 Å². The number of nitrogens with zero attached hydrogens (tertiary/aromatic N) is 1. The highest BCUT2D eigenvalue weighted by Crippen LogP contribution is 2.15. The highest BCUT2D eigenvalue weighted by molar-refractivity contribution is 7.96. The Morgan fingerprint density at radius 3 is 3.08 bits per heavy atom. The molecule has 0 saturated carbocycles. The standard InChI is InChI=1S/C7H11NO3S/c1-12-8-2-3-11-5-6(8)7(10)4-9/h4,6H,2-3,5H2,1H3. The topological polar surface area (TPSA) is 46.6 Å². The molecule has 1 saturated heterocycles. The van der Waals surface area contributed by atoms with Gasteiger partial charge >= 0.3 is 0 Å². The third-order valence-corrected chi connectivity index (χ3v) is 2.66. The van der Waals surface area contributed by atoms with Gasteiger partial charge in [0.15, 0.2) is 6.29 Å². The van der Waals surface area contributed by atoms with Crippen molar-refractivity contribution in [2.75, 3.05) is 26.0 Å². The molecule has 0 amide bonds. The van der Waals surface area contributed by atoms with Crippen molar-refractivity contribution in [2.45, 2.75) is 6.04 Å². The van der Waals surface area contributed by atoms with E-state index < -0.39 is 5.78 Å². The van der Waals surface area contributed by atoms with Crippen LogP contribution < -0.4 is 0 Å². The van der Waals surface area contributed by atoms with Crippen molar-refractivity contribution in [3.63, 3.8) is 0 Å². The second-order valence-electron chi connectivity index (χ2n) is 2.43. The Balaban J connectivity index is 2.58. The first-order chi connectivity index (χ1) is 5.79. The van der Waals surface area contributed by atoms with E-state index in [0.717, 1.165) is 0 Å². The fraction of sp³-hybridized carbons (Fsp3) is 0.714. The first-order valence-corrected chi connectivity index (χ1v) is 4.85. The molecule has 1 unspecified atom stereocenters. The Morgan fingerprint density at radius 1 is 1.75 bits per heavy atom. The van der Waals surface area contributed by atoms with Crippen LogP contribution in [0.1, 0.15) is 0 Å². The molecule has 1 aliphatic rings. The average Bonchev–Trinajstić information content (AvgIpc) is 2.16. The van der Waals surface area contributed by atoms with E-state index >= 15 is 0 Å². The number of ether oxygens (including phenoxy) is 1. The third-order valence-electron chi connectivity index (χ3n) is 1.76. The maximum atomic E-state index is 11.0. The molecule has 0 aromatic heterocycles. The lowest BCUT2D eigenvalue weighted by atomic mass is 10.2. The maximum absolute atomic E-state index is 11.0. The van der Waals surface area contributed by atoms with Gasteiger partial charge in [-0.05, 0) is 6.26 Å². The van der Waals surface area contributed by atoms with E-state index in [1.165, 1.54) is 11.9 Å². The zero-order chi connectivity index (χ0) is 8.97. The number of ketones is 1. The molecule has 0 N–H and O–H groups in total. The zero-order valence-corrected chi connectivity index (χ0v) is 7.67. The number of aldehydes is 1. The van der Waals surface area contributed by atoms with Gasteiger partial charge in [-0.3, -0.25) is 9.59 Å². The number of Topliss-reactive ketones (excluding diaryl/α,β-unsaturated/α-hetero) is 1. The van der Waals surface area contributed by atoms with Gasteiger partial charge in [0, 0.05) is 6.54 Å². The fourth-order valence-corrected chi connectivity index (χ4v) is 1.79. The number of rotatable bonds is 3. The summed E-state index contributed by atoms with van der Waals surface area (Å²) >= 11 is 1.47. The first kappa shape index (κ1) is 9.70. The van der Waals surface area contributed by atoms with Crippen LogP contribution in [-0.4, -0.2) is 48.4 Å². The van der Waals surface area contributed by atoms with Crippen molar-refractivity contribution in [3.8, 4) is 0 Å². The largest absolute Gasteiger partial charge is 0.378 e. The molecular weight excluding hydrogens is 178 g/mol. The van der Waals surface area contributed by atoms with Crippen LogP contribution in [0.25, 0.3) is 0 Å². The van der Waals surface area contributed by atoms with Crippen LogP contribution in [-0.2, 0) is 14.3 Å². The Bertz CT molecular complexity index is 185. The van der Waals surface area contributed by atoms with Crippen molar-refractivity contribution in [1.29, 1.82) is 0 Å². The molecule has 12 heavy (non-hydrogen) atoms. The van der Waals surface area contributed by atoms with Gasteiger partial charge in [0.25, 0.3) is 0 Å². The summed E-state index contributed by atoms with van der Waals surface area (Å²) in [6.45, 7) is 1.66. The summed E-state index contributed by atoms with van der Waals surface area (Å²) in [5, 5.41) is 0. The second-order valence-corrected chi connectivity index (χ2v) is 3.27. The molecule has 0 bridgehead atoms. The van der Waals surface area contributed by atoms with Crippen LogP contribution >= 0.6 is 11.9 Å². The number of morpholine rings is 1. The van der Waals surface area contributed by atoms with Gasteiger partial charge in [0.2, 0.25) is 5.78 Å². The molecule has 0 aliphatic carbocycles. The van der Waals surface area contributed by atoms with Gasteiger partial charge in [0.1, 0.15) is 6.04 Å². The average molecular weight is 189 g/mol. The lowest BCUT2D eigenvalue weighted by Gasteiger charge is -2.30. The molecule has 0 spiro atoms. The Hall–Kier alpha value is -0.390. The van der Waals surface area contributed by atoms with Crippen molar-refractivity contribution in [3.05, 3.63) is 0 Å². The van der Waals surface area contributed by atoms with Crippen LogP contribution in [0.3, 0.4) is 0 Å². The Labute approximate surface area is 75.4 Å². The van der Waals surface area contributed by atoms with E-state index in [2.05, 4.69) is 0 Å². The molecule has 5 heteroatoms. The maximum Gasteiger partial charge on any atom is 0.215 e. The predicted octanol–water partition coefficient (Wildman–Crippen LogP) is -0.267. The zero-order valence-electron chi connectivity index (χ0n) is 6.86.